The Balaban J connectivity index is 1.67. The van der Waals surface area contributed by atoms with Gasteiger partial charge < -0.3 is 9.47 Å². The topological polar surface area (TPSA) is 68.3 Å². The van der Waals surface area contributed by atoms with Crippen LogP contribution < -0.4 is 4.74 Å². The highest BCUT2D eigenvalue weighted by molar-refractivity contribution is 5.88. The number of carbonyl (C=O) groups is 2. The van der Waals surface area contributed by atoms with Crippen molar-refractivity contribution in [3.8, 4) is 5.75 Å². The van der Waals surface area contributed by atoms with Crippen molar-refractivity contribution in [1.29, 1.82) is 0 Å². The molecule has 2 aliphatic heterocycles. The van der Waals surface area contributed by atoms with Crippen molar-refractivity contribution in [1.82, 2.24) is 9.96 Å². The highest BCUT2D eigenvalue weighted by atomic mass is 16.7. The van der Waals surface area contributed by atoms with E-state index in [1.807, 2.05) is 24.3 Å². The number of piperidine rings is 1. The molecular formula is C23H30N2O5. The zero-order valence-corrected chi connectivity index (χ0v) is 17.7. The molecule has 0 aromatic heterocycles. The predicted molar refractivity (Wildman–Crippen MR) is 114 cm³/mol. The molecular weight excluding hydrogens is 384 g/mol. The normalized spacial score (nSPS) is 21.3. The van der Waals surface area contributed by atoms with Gasteiger partial charge in [0.15, 0.2) is 0 Å². The summed E-state index contributed by atoms with van der Waals surface area (Å²) < 4.78 is 10.4. The Kier molecular flexibility index (Phi) is 7.29. The lowest BCUT2D eigenvalue weighted by atomic mass is 9.77. The number of rotatable bonds is 8. The zero-order valence-electron chi connectivity index (χ0n) is 17.7. The van der Waals surface area contributed by atoms with E-state index in [0.717, 1.165) is 30.9 Å². The van der Waals surface area contributed by atoms with Crippen LogP contribution in [0.4, 0.5) is 0 Å². The molecule has 0 N–H and O–H groups in total. The van der Waals surface area contributed by atoms with E-state index < -0.39 is 11.5 Å². The lowest BCUT2D eigenvalue weighted by molar-refractivity contribution is -0.217. The van der Waals surface area contributed by atoms with E-state index in [1.54, 1.807) is 13.2 Å². The number of ether oxygens (including phenoxy) is 2. The van der Waals surface area contributed by atoms with Crippen molar-refractivity contribution in [2.45, 2.75) is 24.8 Å². The first kappa shape index (κ1) is 22.1. The maximum atomic E-state index is 12.6. The van der Waals surface area contributed by atoms with E-state index in [1.165, 1.54) is 12.2 Å². The Hall–Kier alpha value is -2.64. The molecule has 1 amide bonds. The van der Waals surface area contributed by atoms with Gasteiger partial charge in [-0.3, -0.25) is 19.3 Å². The molecule has 7 nitrogen and oxygen atoms in total. The van der Waals surface area contributed by atoms with Crippen LogP contribution in [0.3, 0.4) is 0 Å². The van der Waals surface area contributed by atoms with Crippen LogP contribution in [-0.4, -0.2) is 67.8 Å². The fourth-order valence-electron chi connectivity index (χ4n) is 4.42. The van der Waals surface area contributed by atoms with E-state index in [2.05, 4.69) is 23.6 Å². The van der Waals surface area contributed by atoms with Gasteiger partial charge in [-0.2, -0.15) is 0 Å². The minimum atomic E-state index is -0.657. The molecule has 2 aliphatic rings. The first-order valence-corrected chi connectivity index (χ1v) is 10.2. The molecule has 7 heteroatoms. The number of hydroxylamine groups is 2. The van der Waals surface area contributed by atoms with Gasteiger partial charge in [0, 0.05) is 31.6 Å². The molecule has 0 radical (unpaired) electrons. The second-order valence-corrected chi connectivity index (χ2v) is 7.60. The van der Waals surface area contributed by atoms with Crippen molar-refractivity contribution in [3.63, 3.8) is 0 Å². The Morgan fingerprint density at radius 3 is 2.67 bits per heavy atom. The van der Waals surface area contributed by atoms with Gasteiger partial charge >= 0.3 is 5.97 Å². The van der Waals surface area contributed by atoms with Crippen molar-refractivity contribution in [2.24, 2.45) is 5.92 Å². The van der Waals surface area contributed by atoms with Gasteiger partial charge in [0.05, 0.1) is 32.3 Å². The Bertz CT molecular complexity index is 799. The van der Waals surface area contributed by atoms with Crippen LogP contribution in [0.1, 0.15) is 24.8 Å². The quantitative estimate of drug-likeness (QED) is 0.481. The second kappa shape index (κ2) is 9.91. The number of nitrogens with zero attached hydrogens (tertiary/aromatic N) is 2. The van der Waals surface area contributed by atoms with Gasteiger partial charge in [-0.15, -0.1) is 6.58 Å². The molecule has 0 saturated carbocycles. The fourth-order valence-corrected chi connectivity index (χ4v) is 4.42. The van der Waals surface area contributed by atoms with Gasteiger partial charge in [-0.1, -0.05) is 36.4 Å². The fraction of sp³-hybridized carbons (Fsp3) is 0.478. The highest BCUT2D eigenvalue weighted by Gasteiger charge is 2.58. The van der Waals surface area contributed by atoms with Crippen LogP contribution in [-0.2, 0) is 19.2 Å². The van der Waals surface area contributed by atoms with Crippen molar-refractivity contribution in [2.75, 3.05) is 40.5 Å². The third-order valence-corrected chi connectivity index (χ3v) is 5.99. The summed E-state index contributed by atoms with van der Waals surface area (Å²) >= 11 is 0. The van der Waals surface area contributed by atoms with Gasteiger partial charge in [0.2, 0.25) is 5.91 Å². The van der Waals surface area contributed by atoms with Crippen LogP contribution in [0.5, 0.6) is 5.75 Å². The largest absolute Gasteiger partial charge is 0.496 e. The maximum Gasteiger partial charge on any atom is 0.311 e. The monoisotopic (exact) mass is 414 g/mol. The molecule has 1 aromatic rings. The average molecular weight is 415 g/mol. The lowest BCUT2D eigenvalue weighted by Gasteiger charge is -2.45. The molecule has 162 valence electrons. The minimum absolute atomic E-state index is 0.123. The molecule has 30 heavy (non-hydrogen) atoms. The molecule has 0 aliphatic carbocycles. The summed E-state index contributed by atoms with van der Waals surface area (Å²) in [5, 5.41) is 1.43. The number of likely N-dealkylation sites (tertiary alicyclic amines) is 1. The van der Waals surface area contributed by atoms with E-state index in [9.17, 15) is 9.59 Å². The Morgan fingerprint density at radius 1 is 1.27 bits per heavy atom. The average Bonchev–Trinajstić information content (AvgIpc) is 3.04. The summed E-state index contributed by atoms with van der Waals surface area (Å²) in [5.74, 6) is -0.188. The van der Waals surface area contributed by atoms with Crippen LogP contribution in [0.25, 0.3) is 6.08 Å². The zero-order chi connectivity index (χ0) is 21.6. The van der Waals surface area contributed by atoms with Gasteiger partial charge in [-0.25, -0.2) is 5.06 Å². The Morgan fingerprint density at radius 2 is 2.00 bits per heavy atom. The second-order valence-electron chi connectivity index (χ2n) is 7.60. The van der Waals surface area contributed by atoms with Crippen molar-refractivity contribution < 1.29 is 23.9 Å². The van der Waals surface area contributed by atoms with E-state index >= 15 is 0 Å². The third kappa shape index (κ3) is 4.42. The molecule has 1 atom stereocenters. The summed E-state index contributed by atoms with van der Waals surface area (Å²) in [5.41, 5.74) is 0.375. The first-order chi connectivity index (χ1) is 14.6. The highest BCUT2D eigenvalue weighted by Crippen LogP contribution is 2.44. The van der Waals surface area contributed by atoms with Crippen LogP contribution in [0.2, 0.25) is 0 Å². The SMILES string of the molecule is C=CCON1C(=O)CC(C(=O)OC)C12CCN(C/C=C/c1ccccc1OC)CC2. The first-order valence-electron chi connectivity index (χ1n) is 10.2. The smallest absolute Gasteiger partial charge is 0.311 e. The predicted octanol–water partition coefficient (Wildman–Crippen LogP) is 2.68. The van der Waals surface area contributed by atoms with Gasteiger partial charge in [-0.05, 0) is 18.9 Å². The number of methoxy groups -OCH3 is 2. The third-order valence-electron chi connectivity index (χ3n) is 5.99. The number of esters is 1. The van der Waals surface area contributed by atoms with E-state index in [0.29, 0.717) is 12.8 Å². The van der Waals surface area contributed by atoms with Crippen LogP contribution in [0, 0.1) is 5.92 Å². The molecule has 1 unspecified atom stereocenters. The summed E-state index contributed by atoms with van der Waals surface area (Å²) in [6.45, 7) is 6.17. The van der Waals surface area contributed by atoms with Crippen LogP contribution >= 0.6 is 0 Å². The molecule has 1 spiro atoms. The number of hydrogen-bond acceptors (Lipinski definition) is 6. The summed E-state index contributed by atoms with van der Waals surface area (Å²) in [6, 6.07) is 7.88. The number of amides is 1. The molecule has 0 bridgehead atoms. The number of para-hydroxylation sites is 1. The molecule has 2 saturated heterocycles. The summed E-state index contributed by atoms with van der Waals surface area (Å²) in [7, 11) is 3.03. The van der Waals surface area contributed by atoms with E-state index in [4.69, 9.17) is 14.3 Å². The number of carbonyl (C=O) groups excluding carboxylic acids is 2. The maximum absolute atomic E-state index is 12.6. The van der Waals surface area contributed by atoms with Crippen molar-refractivity contribution >= 4 is 18.0 Å². The van der Waals surface area contributed by atoms with Crippen molar-refractivity contribution in [3.05, 3.63) is 48.6 Å². The lowest BCUT2D eigenvalue weighted by Crippen LogP contribution is -2.57. The molecule has 3 rings (SSSR count). The minimum Gasteiger partial charge on any atom is -0.496 e. The van der Waals surface area contributed by atoms with Gasteiger partial charge in [0.25, 0.3) is 0 Å². The molecule has 2 heterocycles. The number of benzene rings is 1. The molecule has 2 fully saturated rings. The van der Waals surface area contributed by atoms with Gasteiger partial charge in [0.1, 0.15) is 5.75 Å². The summed E-state index contributed by atoms with van der Waals surface area (Å²) in [4.78, 5) is 33.0. The van der Waals surface area contributed by atoms with E-state index in [-0.39, 0.29) is 24.9 Å². The molecule has 1 aromatic carbocycles. The standard InChI is InChI=1S/C23H30N2O5/c1-4-16-30-25-21(26)17-19(22(27)29-3)23(25)11-14-24(15-12-23)13-7-9-18-8-5-6-10-20(18)28-2/h4-10,19H,1,11-17H2,2-3H3/b9-7+. The van der Waals surface area contributed by atoms with Crippen LogP contribution in [0.15, 0.2) is 43.0 Å². The summed E-state index contributed by atoms with van der Waals surface area (Å²) in [6.07, 6.45) is 7.19. The number of hydrogen-bond donors (Lipinski definition) is 0. The Labute approximate surface area is 177 Å².